The van der Waals surface area contributed by atoms with Gasteiger partial charge in [-0.25, -0.2) is 8.78 Å². The molecule has 0 radical (unpaired) electrons. The highest BCUT2D eigenvalue weighted by Crippen LogP contribution is 2.41. The van der Waals surface area contributed by atoms with Crippen molar-refractivity contribution in [1.82, 2.24) is 15.2 Å². The number of Topliss-reactive ketones (excluding diaryl/α,β-unsaturated/α-hetero) is 1. The van der Waals surface area contributed by atoms with Crippen molar-refractivity contribution in [2.24, 2.45) is 0 Å². The number of halogens is 2. The number of ketones is 1. The van der Waals surface area contributed by atoms with Crippen molar-refractivity contribution in [3.63, 3.8) is 0 Å². The van der Waals surface area contributed by atoms with Crippen LogP contribution in [0, 0.1) is 18.6 Å². The number of hydrogen-bond acceptors (Lipinski definition) is 5. The van der Waals surface area contributed by atoms with Gasteiger partial charge >= 0.3 is 0 Å². The summed E-state index contributed by atoms with van der Waals surface area (Å²) >= 11 is 0. The maximum atomic E-state index is 15.1. The van der Waals surface area contributed by atoms with E-state index in [2.05, 4.69) is 29.0 Å². The van der Waals surface area contributed by atoms with Crippen molar-refractivity contribution in [1.29, 1.82) is 0 Å². The van der Waals surface area contributed by atoms with E-state index in [0.29, 0.717) is 34.9 Å². The number of rotatable bonds is 5. The fourth-order valence-electron chi connectivity index (χ4n) is 5.21. The standard InChI is InChI=1S/C30H31F2N3O3/c1-18(2)35-10-8-30(9-11-35)15-27(36)24-13-21(5-7-28(24)38-30)23-6-4-22(14-26(23)32)29(37)34-17-20-12-25(31)19(3)33-16-20/h4-7,12-14,16,18H,8-11,15,17H2,1-3H3,(H,34,37). The van der Waals surface area contributed by atoms with Crippen LogP contribution in [0.2, 0.25) is 0 Å². The first-order valence-electron chi connectivity index (χ1n) is 12.9. The van der Waals surface area contributed by atoms with Crippen molar-refractivity contribution >= 4 is 11.7 Å². The Morgan fingerprint density at radius 3 is 2.53 bits per heavy atom. The second-order valence-electron chi connectivity index (χ2n) is 10.5. The van der Waals surface area contributed by atoms with Gasteiger partial charge in [-0.2, -0.15) is 0 Å². The molecule has 1 fully saturated rings. The lowest BCUT2D eigenvalue weighted by Gasteiger charge is -2.45. The lowest BCUT2D eigenvalue weighted by molar-refractivity contribution is -0.0153. The van der Waals surface area contributed by atoms with Gasteiger partial charge in [-0.15, -0.1) is 0 Å². The summed E-state index contributed by atoms with van der Waals surface area (Å²) in [4.78, 5) is 32.0. The van der Waals surface area contributed by atoms with Gasteiger partial charge in [0.2, 0.25) is 0 Å². The number of hydrogen-bond donors (Lipinski definition) is 1. The Labute approximate surface area is 221 Å². The van der Waals surface area contributed by atoms with Crippen LogP contribution in [0.25, 0.3) is 11.1 Å². The first-order valence-corrected chi connectivity index (χ1v) is 12.9. The predicted molar refractivity (Wildman–Crippen MR) is 140 cm³/mol. The van der Waals surface area contributed by atoms with Crippen LogP contribution in [-0.2, 0) is 6.54 Å². The van der Waals surface area contributed by atoms with Crippen LogP contribution in [0.15, 0.2) is 48.7 Å². The summed E-state index contributed by atoms with van der Waals surface area (Å²) in [7, 11) is 0. The number of aryl methyl sites for hydroxylation is 1. The minimum absolute atomic E-state index is 0.00420. The number of amides is 1. The van der Waals surface area contributed by atoms with Crippen LogP contribution in [-0.4, -0.2) is 46.3 Å². The third kappa shape index (κ3) is 5.18. The van der Waals surface area contributed by atoms with E-state index in [-0.39, 0.29) is 29.1 Å². The Morgan fingerprint density at radius 2 is 1.84 bits per heavy atom. The number of nitrogens with zero attached hydrogens (tertiary/aromatic N) is 2. The molecule has 1 N–H and O–H groups in total. The Hall–Kier alpha value is -3.65. The maximum Gasteiger partial charge on any atom is 0.251 e. The highest BCUT2D eigenvalue weighted by Gasteiger charge is 2.43. The third-order valence-corrected chi connectivity index (χ3v) is 7.61. The van der Waals surface area contributed by atoms with Crippen LogP contribution < -0.4 is 10.1 Å². The Bertz CT molecular complexity index is 1400. The largest absolute Gasteiger partial charge is 0.486 e. The van der Waals surface area contributed by atoms with Gasteiger partial charge < -0.3 is 15.0 Å². The van der Waals surface area contributed by atoms with Crippen LogP contribution in [0.5, 0.6) is 5.75 Å². The molecule has 2 aromatic carbocycles. The highest BCUT2D eigenvalue weighted by molar-refractivity contribution is 6.01. The molecule has 3 heterocycles. The number of fused-ring (bicyclic) bond motifs is 1. The molecule has 1 amide bonds. The number of benzene rings is 2. The summed E-state index contributed by atoms with van der Waals surface area (Å²) in [6.07, 6.45) is 3.40. The predicted octanol–water partition coefficient (Wildman–Crippen LogP) is 5.47. The summed E-state index contributed by atoms with van der Waals surface area (Å²) < 4.78 is 35.2. The average molecular weight is 520 g/mol. The smallest absolute Gasteiger partial charge is 0.251 e. The highest BCUT2D eigenvalue weighted by atomic mass is 19.1. The van der Waals surface area contributed by atoms with Crippen LogP contribution in [0.3, 0.4) is 0 Å². The molecule has 198 valence electrons. The minimum atomic E-state index is -0.581. The Balaban J connectivity index is 1.29. The van der Waals surface area contributed by atoms with E-state index in [4.69, 9.17) is 4.74 Å². The molecule has 6 nitrogen and oxygen atoms in total. The molecule has 38 heavy (non-hydrogen) atoms. The van der Waals surface area contributed by atoms with Crippen molar-refractivity contribution in [2.75, 3.05) is 13.1 Å². The lowest BCUT2D eigenvalue weighted by Crippen LogP contribution is -2.52. The molecule has 1 saturated heterocycles. The SMILES string of the molecule is Cc1ncc(CNC(=O)c2ccc(-c3ccc4c(c3)C(=O)CC3(CCN(C(C)C)CC3)O4)c(F)c2)cc1F. The lowest BCUT2D eigenvalue weighted by atomic mass is 9.81. The summed E-state index contributed by atoms with van der Waals surface area (Å²) in [6, 6.07) is 11.1. The van der Waals surface area contributed by atoms with Gasteiger partial charge in [-0.1, -0.05) is 12.1 Å². The van der Waals surface area contributed by atoms with Gasteiger partial charge in [0.1, 0.15) is 23.0 Å². The number of carbonyl (C=O) groups is 2. The van der Waals surface area contributed by atoms with Crippen LogP contribution in [0.4, 0.5) is 8.78 Å². The quantitative estimate of drug-likeness (QED) is 0.484. The third-order valence-electron chi connectivity index (χ3n) is 7.61. The second kappa shape index (κ2) is 10.3. The van der Waals surface area contributed by atoms with E-state index in [1.165, 1.54) is 24.4 Å². The molecule has 0 atom stereocenters. The van der Waals surface area contributed by atoms with E-state index < -0.39 is 23.1 Å². The van der Waals surface area contributed by atoms with Crippen molar-refractivity contribution in [3.05, 3.63) is 82.7 Å². The number of aromatic nitrogens is 1. The summed E-state index contributed by atoms with van der Waals surface area (Å²) in [5.74, 6) is -0.972. The van der Waals surface area contributed by atoms with Crippen molar-refractivity contribution in [3.8, 4) is 16.9 Å². The molecule has 0 bridgehead atoms. The summed E-state index contributed by atoms with van der Waals surface area (Å²) in [6.45, 7) is 7.75. The topological polar surface area (TPSA) is 71.5 Å². The van der Waals surface area contributed by atoms with Gasteiger partial charge in [0, 0.05) is 55.8 Å². The molecule has 1 spiro atoms. The van der Waals surface area contributed by atoms with Gasteiger partial charge in [0.15, 0.2) is 5.78 Å². The van der Waals surface area contributed by atoms with E-state index in [1.54, 1.807) is 25.1 Å². The molecule has 1 aromatic heterocycles. The fourth-order valence-corrected chi connectivity index (χ4v) is 5.21. The van der Waals surface area contributed by atoms with E-state index in [1.807, 2.05) is 0 Å². The summed E-state index contributed by atoms with van der Waals surface area (Å²) in [5.41, 5.74) is 1.73. The molecule has 8 heteroatoms. The molecule has 0 saturated carbocycles. The first kappa shape index (κ1) is 26.0. The molecule has 2 aliphatic heterocycles. The Morgan fingerprint density at radius 1 is 1.08 bits per heavy atom. The zero-order valence-electron chi connectivity index (χ0n) is 21.8. The van der Waals surface area contributed by atoms with E-state index >= 15 is 4.39 Å². The fraction of sp³-hybridized carbons (Fsp3) is 0.367. The van der Waals surface area contributed by atoms with Crippen molar-refractivity contribution < 1.29 is 23.1 Å². The number of nitrogens with one attached hydrogen (secondary N) is 1. The van der Waals surface area contributed by atoms with Gasteiger partial charge in [0.25, 0.3) is 5.91 Å². The Kier molecular flexibility index (Phi) is 7.01. The van der Waals surface area contributed by atoms with Crippen LogP contribution in [0.1, 0.15) is 65.1 Å². The molecule has 0 aliphatic carbocycles. The normalized spacial score (nSPS) is 16.8. The zero-order chi connectivity index (χ0) is 27.0. The monoisotopic (exact) mass is 519 g/mol. The number of likely N-dealkylation sites (tertiary alicyclic amines) is 1. The molecule has 0 unspecified atom stereocenters. The van der Waals surface area contributed by atoms with Crippen LogP contribution >= 0.6 is 0 Å². The molecular formula is C30H31F2N3O3. The van der Waals surface area contributed by atoms with E-state index in [0.717, 1.165) is 32.0 Å². The summed E-state index contributed by atoms with van der Waals surface area (Å²) in [5, 5.41) is 2.66. The number of ether oxygens (including phenoxy) is 1. The van der Waals surface area contributed by atoms with Gasteiger partial charge in [0.05, 0.1) is 17.7 Å². The number of piperidine rings is 1. The van der Waals surface area contributed by atoms with E-state index in [9.17, 15) is 14.0 Å². The molecule has 3 aromatic rings. The number of carbonyl (C=O) groups excluding carboxylic acids is 2. The second-order valence-corrected chi connectivity index (χ2v) is 10.5. The minimum Gasteiger partial charge on any atom is -0.486 e. The molecule has 2 aliphatic rings. The van der Waals surface area contributed by atoms with Gasteiger partial charge in [-0.05, 0) is 62.2 Å². The van der Waals surface area contributed by atoms with Crippen molar-refractivity contribution in [2.45, 2.75) is 58.2 Å². The first-order chi connectivity index (χ1) is 18.1. The maximum absolute atomic E-state index is 15.1. The zero-order valence-corrected chi connectivity index (χ0v) is 21.8. The van der Waals surface area contributed by atoms with Gasteiger partial charge in [-0.3, -0.25) is 14.6 Å². The molecular weight excluding hydrogens is 488 g/mol. The number of pyridine rings is 1. The average Bonchev–Trinajstić information content (AvgIpc) is 2.89. The molecule has 5 rings (SSSR count).